The first kappa shape index (κ1) is 13.3. The molecule has 5 nitrogen and oxygen atoms in total. The Labute approximate surface area is 125 Å². The highest BCUT2D eigenvalue weighted by Crippen LogP contribution is 2.26. The second-order valence-corrected chi connectivity index (χ2v) is 6.67. The maximum absolute atomic E-state index is 12.8. The van der Waals surface area contributed by atoms with Crippen LogP contribution in [0, 0.1) is 0 Å². The quantitative estimate of drug-likeness (QED) is 0.899. The van der Waals surface area contributed by atoms with E-state index >= 15 is 0 Å². The lowest BCUT2D eigenvalue weighted by molar-refractivity contribution is 0.0773. The Kier molecular flexibility index (Phi) is 3.45. The van der Waals surface area contributed by atoms with Gasteiger partial charge in [0.05, 0.1) is 0 Å². The number of H-pyrrole nitrogens is 1. The van der Waals surface area contributed by atoms with Crippen molar-refractivity contribution in [2.75, 3.05) is 26.2 Å². The molecule has 2 saturated heterocycles. The minimum atomic E-state index is 0.149. The van der Waals surface area contributed by atoms with Crippen LogP contribution in [0.1, 0.15) is 53.8 Å². The van der Waals surface area contributed by atoms with Crippen molar-refractivity contribution in [3.63, 3.8) is 0 Å². The molecule has 3 aliphatic rings. The smallest absolute Gasteiger partial charge is 0.274 e. The average molecular weight is 288 g/mol. The second kappa shape index (κ2) is 5.44. The van der Waals surface area contributed by atoms with E-state index < -0.39 is 0 Å². The molecule has 0 bridgehead atoms. The van der Waals surface area contributed by atoms with Crippen LogP contribution in [-0.2, 0) is 12.8 Å². The molecule has 114 valence electrons. The van der Waals surface area contributed by atoms with Crippen molar-refractivity contribution in [2.45, 2.75) is 51.0 Å². The third-order valence-corrected chi connectivity index (χ3v) is 5.37. The number of nitrogens with zero attached hydrogens (tertiary/aromatic N) is 3. The number of carbonyl (C=O) groups is 1. The lowest BCUT2D eigenvalue weighted by atomic mass is 9.95. The first-order valence-corrected chi connectivity index (χ1v) is 8.42. The number of likely N-dealkylation sites (tertiary alicyclic amines) is 2. The fraction of sp³-hybridized carbons (Fsp3) is 0.750. The number of hydrogen-bond donors (Lipinski definition) is 1. The molecule has 1 atom stereocenters. The zero-order valence-corrected chi connectivity index (χ0v) is 12.6. The van der Waals surface area contributed by atoms with Crippen LogP contribution < -0.4 is 0 Å². The van der Waals surface area contributed by atoms with Gasteiger partial charge < -0.3 is 4.90 Å². The minimum absolute atomic E-state index is 0.149. The van der Waals surface area contributed by atoms with E-state index in [4.69, 9.17) is 0 Å². The van der Waals surface area contributed by atoms with Crippen LogP contribution in [0.25, 0.3) is 0 Å². The largest absolute Gasteiger partial charge is 0.336 e. The van der Waals surface area contributed by atoms with E-state index in [1.54, 1.807) is 0 Å². The summed E-state index contributed by atoms with van der Waals surface area (Å²) in [6.45, 7) is 4.21. The molecule has 1 unspecified atom stereocenters. The topological polar surface area (TPSA) is 52.2 Å². The highest BCUT2D eigenvalue weighted by Gasteiger charge is 2.34. The summed E-state index contributed by atoms with van der Waals surface area (Å²) in [5.41, 5.74) is 3.09. The molecule has 0 radical (unpaired) electrons. The van der Waals surface area contributed by atoms with Crippen LogP contribution in [-0.4, -0.2) is 58.1 Å². The number of aromatic nitrogens is 2. The van der Waals surface area contributed by atoms with Crippen molar-refractivity contribution in [1.82, 2.24) is 20.0 Å². The van der Waals surface area contributed by atoms with E-state index in [2.05, 4.69) is 15.1 Å². The monoisotopic (exact) mass is 288 g/mol. The molecule has 21 heavy (non-hydrogen) atoms. The van der Waals surface area contributed by atoms with Gasteiger partial charge in [0.25, 0.3) is 5.91 Å². The Bertz CT molecular complexity index is 532. The van der Waals surface area contributed by atoms with E-state index in [1.807, 2.05) is 4.90 Å². The summed E-state index contributed by atoms with van der Waals surface area (Å²) in [4.78, 5) is 17.4. The fourth-order valence-electron chi connectivity index (χ4n) is 4.14. The first-order valence-electron chi connectivity index (χ1n) is 8.42. The van der Waals surface area contributed by atoms with Crippen molar-refractivity contribution >= 4 is 5.91 Å². The molecule has 0 aromatic carbocycles. The standard InChI is InChI=1S/C16H24N4O/c21-16(15-13-5-1-2-6-14(13)17-18-15)20-10-7-12(11-20)19-8-3-4-9-19/h12H,1-11H2,(H,17,18). The van der Waals surface area contributed by atoms with Crippen molar-refractivity contribution in [3.8, 4) is 0 Å². The predicted molar refractivity (Wildman–Crippen MR) is 80.3 cm³/mol. The predicted octanol–water partition coefficient (Wildman–Crippen LogP) is 1.60. The molecule has 3 heterocycles. The molecule has 2 fully saturated rings. The normalized spacial score (nSPS) is 26.3. The minimum Gasteiger partial charge on any atom is -0.336 e. The van der Waals surface area contributed by atoms with Crippen LogP contribution in [0.5, 0.6) is 0 Å². The SMILES string of the molecule is O=C(c1n[nH]c2c1CCCC2)N1CCC(N2CCCC2)C1. The molecule has 1 aliphatic carbocycles. The van der Waals surface area contributed by atoms with Gasteiger partial charge in [-0.15, -0.1) is 0 Å². The maximum Gasteiger partial charge on any atom is 0.274 e. The lowest BCUT2D eigenvalue weighted by Crippen LogP contribution is -2.37. The number of carbonyl (C=O) groups excluding carboxylic acids is 1. The number of amides is 1. The van der Waals surface area contributed by atoms with Crippen LogP contribution in [0.15, 0.2) is 0 Å². The summed E-state index contributed by atoms with van der Waals surface area (Å²) < 4.78 is 0. The molecule has 1 aromatic heterocycles. The van der Waals surface area contributed by atoms with E-state index in [9.17, 15) is 4.79 Å². The Hall–Kier alpha value is -1.36. The van der Waals surface area contributed by atoms with Crippen LogP contribution in [0.3, 0.4) is 0 Å². The van der Waals surface area contributed by atoms with Crippen molar-refractivity contribution < 1.29 is 4.79 Å². The van der Waals surface area contributed by atoms with Gasteiger partial charge in [-0.2, -0.15) is 5.10 Å². The van der Waals surface area contributed by atoms with E-state index in [0.29, 0.717) is 11.7 Å². The van der Waals surface area contributed by atoms with Crippen molar-refractivity contribution in [1.29, 1.82) is 0 Å². The number of aryl methyl sites for hydroxylation is 1. The molecule has 4 rings (SSSR count). The number of rotatable bonds is 2. The highest BCUT2D eigenvalue weighted by molar-refractivity contribution is 5.94. The fourth-order valence-corrected chi connectivity index (χ4v) is 4.14. The summed E-state index contributed by atoms with van der Waals surface area (Å²) in [5.74, 6) is 0.149. The van der Waals surface area contributed by atoms with Gasteiger partial charge in [-0.25, -0.2) is 0 Å². The number of fused-ring (bicyclic) bond motifs is 1. The van der Waals surface area contributed by atoms with E-state index in [1.165, 1.54) is 50.0 Å². The zero-order chi connectivity index (χ0) is 14.2. The van der Waals surface area contributed by atoms with E-state index in [0.717, 1.165) is 32.4 Å². The molecule has 5 heteroatoms. The summed E-state index contributed by atoms with van der Waals surface area (Å²) >= 11 is 0. The van der Waals surface area contributed by atoms with Crippen LogP contribution in [0.4, 0.5) is 0 Å². The molecule has 1 amide bonds. The molecule has 1 N–H and O–H groups in total. The third kappa shape index (κ3) is 2.37. The van der Waals surface area contributed by atoms with Crippen molar-refractivity contribution in [3.05, 3.63) is 17.0 Å². The second-order valence-electron chi connectivity index (χ2n) is 6.67. The molecule has 2 aliphatic heterocycles. The molecule has 0 saturated carbocycles. The Morgan fingerprint density at radius 2 is 1.90 bits per heavy atom. The third-order valence-electron chi connectivity index (χ3n) is 5.37. The van der Waals surface area contributed by atoms with Crippen molar-refractivity contribution in [2.24, 2.45) is 0 Å². The molecular formula is C16H24N4O. The summed E-state index contributed by atoms with van der Waals surface area (Å²) in [6, 6.07) is 0.575. The number of hydrogen-bond acceptors (Lipinski definition) is 3. The Balaban J connectivity index is 1.47. The van der Waals surface area contributed by atoms with Crippen LogP contribution in [0.2, 0.25) is 0 Å². The molecular weight excluding hydrogens is 264 g/mol. The first-order chi connectivity index (χ1) is 10.3. The van der Waals surface area contributed by atoms with Gasteiger partial charge in [-0.05, 0) is 58.0 Å². The molecule has 0 spiro atoms. The zero-order valence-electron chi connectivity index (χ0n) is 12.6. The summed E-state index contributed by atoms with van der Waals surface area (Å²) in [6.07, 6.45) is 8.21. The number of aromatic amines is 1. The van der Waals surface area contributed by atoms with Gasteiger partial charge in [0.2, 0.25) is 0 Å². The summed E-state index contributed by atoms with van der Waals surface area (Å²) in [5, 5.41) is 7.42. The van der Waals surface area contributed by atoms with E-state index in [-0.39, 0.29) is 5.91 Å². The number of nitrogens with one attached hydrogen (secondary N) is 1. The van der Waals surface area contributed by atoms with Gasteiger partial charge in [-0.3, -0.25) is 14.8 Å². The maximum atomic E-state index is 12.8. The lowest BCUT2D eigenvalue weighted by Gasteiger charge is -2.23. The van der Waals surface area contributed by atoms with Gasteiger partial charge >= 0.3 is 0 Å². The molecule has 1 aromatic rings. The Morgan fingerprint density at radius 1 is 1.10 bits per heavy atom. The van der Waals surface area contributed by atoms with Crippen LogP contribution >= 0.6 is 0 Å². The average Bonchev–Trinajstić information content (AvgIpc) is 3.25. The highest BCUT2D eigenvalue weighted by atomic mass is 16.2. The van der Waals surface area contributed by atoms with Gasteiger partial charge in [0.15, 0.2) is 5.69 Å². The van der Waals surface area contributed by atoms with Gasteiger partial charge in [0.1, 0.15) is 0 Å². The van der Waals surface area contributed by atoms with Gasteiger partial charge in [0, 0.05) is 30.4 Å². The Morgan fingerprint density at radius 3 is 2.76 bits per heavy atom. The summed E-state index contributed by atoms with van der Waals surface area (Å²) in [7, 11) is 0. The van der Waals surface area contributed by atoms with Gasteiger partial charge in [-0.1, -0.05) is 0 Å².